The van der Waals surface area contributed by atoms with Crippen molar-refractivity contribution in [3.63, 3.8) is 0 Å². The SMILES string of the molecule is Cc1cccc(CCN(C)C[C@@H]2CCOC2)n1. The molecule has 3 heteroatoms. The van der Waals surface area contributed by atoms with Crippen molar-refractivity contribution in [3.05, 3.63) is 29.6 Å². The van der Waals surface area contributed by atoms with Gasteiger partial charge in [-0.05, 0) is 38.4 Å². The number of hydrogen-bond donors (Lipinski definition) is 0. The predicted octanol–water partition coefficient (Wildman–Crippen LogP) is 1.90. The fourth-order valence-corrected chi connectivity index (χ4v) is 2.30. The predicted molar refractivity (Wildman–Crippen MR) is 69.1 cm³/mol. The lowest BCUT2D eigenvalue weighted by Gasteiger charge is -2.19. The van der Waals surface area contributed by atoms with Crippen LogP contribution >= 0.6 is 0 Å². The van der Waals surface area contributed by atoms with Gasteiger partial charge in [0.2, 0.25) is 0 Å². The van der Waals surface area contributed by atoms with Crippen LogP contribution in [0.5, 0.6) is 0 Å². The topological polar surface area (TPSA) is 25.4 Å². The molecule has 2 rings (SSSR count). The van der Waals surface area contributed by atoms with Gasteiger partial charge in [0.05, 0.1) is 6.61 Å². The summed E-state index contributed by atoms with van der Waals surface area (Å²) in [5, 5.41) is 0. The normalized spacial score (nSPS) is 20.1. The Kier molecular flexibility index (Phi) is 4.51. The lowest BCUT2D eigenvalue weighted by atomic mass is 10.1. The molecule has 0 aromatic carbocycles. The Morgan fingerprint density at radius 3 is 3.06 bits per heavy atom. The highest BCUT2D eigenvalue weighted by atomic mass is 16.5. The van der Waals surface area contributed by atoms with E-state index < -0.39 is 0 Å². The summed E-state index contributed by atoms with van der Waals surface area (Å²) in [6.45, 7) is 6.15. The van der Waals surface area contributed by atoms with Crippen LogP contribution in [0.4, 0.5) is 0 Å². The second kappa shape index (κ2) is 6.12. The van der Waals surface area contributed by atoms with Crippen molar-refractivity contribution in [1.82, 2.24) is 9.88 Å². The van der Waals surface area contributed by atoms with Crippen LogP contribution in [0.15, 0.2) is 18.2 Å². The zero-order valence-electron chi connectivity index (χ0n) is 10.9. The van der Waals surface area contributed by atoms with Crippen LogP contribution < -0.4 is 0 Å². The van der Waals surface area contributed by atoms with Crippen molar-refractivity contribution < 1.29 is 4.74 Å². The Morgan fingerprint density at radius 1 is 1.47 bits per heavy atom. The van der Waals surface area contributed by atoms with Gasteiger partial charge in [-0.1, -0.05) is 6.07 Å². The molecule has 1 saturated heterocycles. The molecule has 1 aliphatic heterocycles. The Hall–Kier alpha value is -0.930. The van der Waals surface area contributed by atoms with Crippen molar-refractivity contribution in [2.75, 3.05) is 33.4 Å². The van der Waals surface area contributed by atoms with Crippen molar-refractivity contribution in [2.45, 2.75) is 19.8 Å². The van der Waals surface area contributed by atoms with Gasteiger partial charge < -0.3 is 9.64 Å². The van der Waals surface area contributed by atoms with Gasteiger partial charge in [0.25, 0.3) is 0 Å². The van der Waals surface area contributed by atoms with E-state index in [0.29, 0.717) is 0 Å². The molecule has 0 bridgehead atoms. The maximum Gasteiger partial charge on any atom is 0.0507 e. The van der Waals surface area contributed by atoms with E-state index in [-0.39, 0.29) is 0 Å². The first-order chi connectivity index (χ1) is 8.24. The third-order valence-corrected chi connectivity index (χ3v) is 3.29. The molecule has 0 saturated carbocycles. The third-order valence-electron chi connectivity index (χ3n) is 3.29. The first-order valence-corrected chi connectivity index (χ1v) is 6.43. The van der Waals surface area contributed by atoms with Gasteiger partial charge in [0.15, 0.2) is 0 Å². The number of aryl methyl sites for hydroxylation is 1. The standard InChI is InChI=1S/C14H22N2O/c1-12-4-3-5-14(15-12)6-8-16(2)10-13-7-9-17-11-13/h3-5,13H,6-11H2,1-2H3/t13-/m0/s1. The van der Waals surface area contributed by atoms with E-state index in [2.05, 4.69) is 29.1 Å². The zero-order chi connectivity index (χ0) is 12.1. The van der Waals surface area contributed by atoms with Gasteiger partial charge in [-0.15, -0.1) is 0 Å². The number of aromatic nitrogens is 1. The van der Waals surface area contributed by atoms with Crippen molar-refractivity contribution in [3.8, 4) is 0 Å². The molecule has 3 nitrogen and oxygen atoms in total. The monoisotopic (exact) mass is 234 g/mol. The molecule has 0 amide bonds. The molecule has 1 aromatic rings. The highest BCUT2D eigenvalue weighted by molar-refractivity contribution is 5.10. The largest absolute Gasteiger partial charge is 0.381 e. The summed E-state index contributed by atoms with van der Waals surface area (Å²) >= 11 is 0. The number of nitrogens with zero attached hydrogens (tertiary/aromatic N) is 2. The van der Waals surface area contributed by atoms with Gasteiger partial charge in [-0.25, -0.2) is 0 Å². The minimum absolute atomic E-state index is 0.727. The lowest BCUT2D eigenvalue weighted by molar-refractivity contribution is 0.174. The van der Waals surface area contributed by atoms with E-state index in [1.54, 1.807) is 0 Å². The smallest absolute Gasteiger partial charge is 0.0507 e. The molecule has 0 unspecified atom stereocenters. The second-order valence-electron chi connectivity index (χ2n) is 5.01. The molecule has 0 aliphatic carbocycles. The van der Waals surface area contributed by atoms with Crippen LogP contribution in [0, 0.1) is 12.8 Å². The molecular formula is C14H22N2O. The quantitative estimate of drug-likeness (QED) is 0.778. The Labute approximate surface area is 104 Å². The van der Waals surface area contributed by atoms with Crippen LogP contribution in [0.2, 0.25) is 0 Å². The summed E-state index contributed by atoms with van der Waals surface area (Å²) in [5.74, 6) is 0.727. The number of ether oxygens (including phenoxy) is 1. The maximum atomic E-state index is 5.40. The van der Waals surface area contributed by atoms with Gasteiger partial charge in [-0.2, -0.15) is 0 Å². The fraction of sp³-hybridized carbons (Fsp3) is 0.643. The van der Waals surface area contributed by atoms with Gasteiger partial charge >= 0.3 is 0 Å². The summed E-state index contributed by atoms with van der Waals surface area (Å²) in [6, 6.07) is 6.24. The van der Waals surface area contributed by atoms with Crippen LogP contribution in [0.25, 0.3) is 0 Å². The summed E-state index contributed by atoms with van der Waals surface area (Å²) in [6.07, 6.45) is 2.25. The van der Waals surface area contributed by atoms with E-state index >= 15 is 0 Å². The summed E-state index contributed by atoms with van der Waals surface area (Å²) in [5.41, 5.74) is 2.30. The van der Waals surface area contributed by atoms with Crippen LogP contribution in [0.1, 0.15) is 17.8 Å². The average molecular weight is 234 g/mol. The maximum absolute atomic E-state index is 5.40. The molecular weight excluding hydrogens is 212 g/mol. The van der Waals surface area contributed by atoms with Crippen LogP contribution in [-0.4, -0.2) is 43.2 Å². The minimum atomic E-state index is 0.727. The van der Waals surface area contributed by atoms with E-state index in [1.807, 2.05) is 13.0 Å². The molecule has 1 aliphatic rings. The first-order valence-electron chi connectivity index (χ1n) is 6.43. The summed E-state index contributed by atoms with van der Waals surface area (Å²) < 4.78 is 5.40. The van der Waals surface area contributed by atoms with Crippen molar-refractivity contribution >= 4 is 0 Å². The Morgan fingerprint density at radius 2 is 2.35 bits per heavy atom. The molecule has 1 aromatic heterocycles. The van der Waals surface area contributed by atoms with Crippen LogP contribution in [-0.2, 0) is 11.2 Å². The number of rotatable bonds is 5. The van der Waals surface area contributed by atoms with E-state index in [1.165, 1.54) is 12.1 Å². The Bertz CT molecular complexity index is 348. The van der Waals surface area contributed by atoms with Gasteiger partial charge in [0.1, 0.15) is 0 Å². The molecule has 94 valence electrons. The molecule has 1 atom stereocenters. The molecule has 2 heterocycles. The fourth-order valence-electron chi connectivity index (χ4n) is 2.30. The van der Waals surface area contributed by atoms with E-state index in [4.69, 9.17) is 4.74 Å². The van der Waals surface area contributed by atoms with E-state index in [0.717, 1.165) is 44.3 Å². The lowest BCUT2D eigenvalue weighted by Crippen LogP contribution is -2.28. The number of pyridine rings is 1. The van der Waals surface area contributed by atoms with Crippen molar-refractivity contribution in [1.29, 1.82) is 0 Å². The molecule has 0 spiro atoms. The number of likely N-dealkylation sites (N-methyl/N-ethyl adjacent to an activating group) is 1. The average Bonchev–Trinajstić information content (AvgIpc) is 2.79. The molecule has 1 fully saturated rings. The van der Waals surface area contributed by atoms with Crippen LogP contribution in [0.3, 0.4) is 0 Å². The van der Waals surface area contributed by atoms with E-state index in [9.17, 15) is 0 Å². The third kappa shape index (κ3) is 4.10. The minimum Gasteiger partial charge on any atom is -0.381 e. The zero-order valence-corrected chi connectivity index (χ0v) is 10.9. The number of hydrogen-bond acceptors (Lipinski definition) is 3. The second-order valence-corrected chi connectivity index (χ2v) is 5.01. The first kappa shape index (κ1) is 12.5. The Balaban J connectivity index is 1.73. The van der Waals surface area contributed by atoms with Gasteiger partial charge in [-0.3, -0.25) is 4.98 Å². The summed E-state index contributed by atoms with van der Waals surface area (Å²) in [7, 11) is 2.19. The molecule has 17 heavy (non-hydrogen) atoms. The van der Waals surface area contributed by atoms with Gasteiger partial charge in [0, 0.05) is 37.5 Å². The van der Waals surface area contributed by atoms with Crippen molar-refractivity contribution in [2.24, 2.45) is 5.92 Å². The highest BCUT2D eigenvalue weighted by Crippen LogP contribution is 2.13. The summed E-state index contributed by atoms with van der Waals surface area (Å²) in [4.78, 5) is 6.92. The molecule has 0 radical (unpaired) electrons. The highest BCUT2D eigenvalue weighted by Gasteiger charge is 2.17. The molecule has 0 N–H and O–H groups in total.